The summed E-state index contributed by atoms with van der Waals surface area (Å²) in [6.07, 6.45) is 0. The van der Waals surface area contributed by atoms with Crippen molar-refractivity contribution in [1.82, 2.24) is 5.32 Å². The van der Waals surface area contributed by atoms with Gasteiger partial charge in [0.25, 0.3) is 11.8 Å². The molecule has 5 nitrogen and oxygen atoms in total. The van der Waals surface area contributed by atoms with E-state index in [9.17, 15) is 9.59 Å². The second kappa shape index (κ2) is 8.15. The summed E-state index contributed by atoms with van der Waals surface area (Å²) in [5, 5.41) is 5.62. The Morgan fingerprint density at radius 1 is 1.00 bits per heavy atom. The smallest absolute Gasteiger partial charge is 0.255 e. The van der Waals surface area contributed by atoms with Crippen molar-refractivity contribution in [3.8, 4) is 5.75 Å². The summed E-state index contributed by atoms with van der Waals surface area (Å²) >= 11 is 0. The van der Waals surface area contributed by atoms with Crippen LogP contribution in [0.3, 0.4) is 0 Å². The molecule has 2 rings (SSSR count). The van der Waals surface area contributed by atoms with Crippen molar-refractivity contribution in [1.29, 1.82) is 0 Å². The van der Waals surface area contributed by atoms with Crippen molar-refractivity contribution in [2.45, 2.75) is 26.8 Å². The summed E-state index contributed by atoms with van der Waals surface area (Å²) in [5.74, 6) is 0.322. The van der Waals surface area contributed by atoms with Crippen molar-refractivity contribution < 1.29 is 14.3 Å². The summed E-state index contributed by atoms with van der Waals surface area (Å²) in [6, 6.07) is 13.8. The minimum absolute atomic E-state index is 0.0552. The Morgan fingerprint density at radius 3 is 2.33 bits per heavy atom. The number of nitrogens with one attached hydrogen (secondary N) is 2. The molecule has 2 aromatic carbocycles. The van der Waals surface area contributed by atoms with Crippen molar-refractivity contribution in [2.75, 3.05) is 11.9 Å². The Labute approximate surface area is 142 Å². The highest BCUT2D eigenvalue weighted by molar-refractivity contribution is 6.05. The van der Waals surface area contributed by atoms with E-state index in [1.807, 2.05) is 20.8 Å². The van der Waals surface area contributed by atoms with Crippen LogP contribution in [0.4, 0.5) is 5.69 Å². The molecule has 0 fully saturated rings. The molecular weight excluding hydrogens is 304 g/mol. The van der Waals surface area contributed by atoms with E-state index in [0.29, 0.717) is 23.4 Å². The molecule has 0 spiro atoms. The summed E-state index contributed by atoms with van der Waals surface area (Å²) in [4.78, 5) is 24.3. The van der Waals surface area contributed by atoms with E-state index in [1.54, 1.807) is 48.5 Å². The largest absolute Gasteiger partial charge is 0.494 e. The number of hydrogen-bond acceptors (Lipinski definition) is 3. The van der Waals surface area contributed by atoms with Gasteiger partial charge >= 0.3 is 0 Å². The van der Waals surface area contributed by atoms with Crippen LogP contribution in [0.5, 0.6) is 5.75 Å². The van der Waals surface area contributed by atoms with Gasteiger partial charge in [0.15, 0.2) is 0 Å². The third kappa shape index (κ3) is 4.84. The first kappa shape index (κ1) is 17.5. The highest BCUT2D eigenvalue weighted by Crippen LogP contribution is 2.15. The monoisotopic (exact) mass is 326 g/mol. The predicted molar refractivity (Wildman–Crippen MR) is 94.6 cm³/mol. The van der Waals surface area contributed by atoms with Crippen LogP contribution in [-0.2, 0) is 0 Å². The van der Waals surface area contributed by atoms with Crippen LogP contribution in [0.15, 0.2) is 48.5 Å². The maximum Gasteiger partial charge on any atom is 0.255 e. The number of ether oxygens (including phenoxy) is 1. The van der Waals surface area contributed by atoms with Crippen LogP contribution in [-0.4, -0.2) is 24.5 Å². The zero-order valence-electron chi connectivity index (χ0n) is 14.1. The second-order valence-electron chi connectivity index (χ2n) is 5.62. The van der Waals surface area contributed by atoms with Gasteiger partial charge in [-0.15, -0.1) is 0 Å². The number of amides is 2. The zero-order chi connectivity index (χ0) is 17.5. The number of rotatable bonds is 6. The SMILES string of the molecule is CCOc1ccc(C(=O)Nc2cccc(C(=O)NC(C)C)c2)cc1. The van der Waals surface area contributed by atoms with Gasteiger partial charge in [0.1, 0.15) is 5.75 Å². The molecule has 0 aromatic heterocycles. The van der Waals surface area contributed by atoms with Crippen LogP contribution >= 0.6 is 0 Å². The van der Waals surface area contributed by atoms with E-state index in [2.05, 4.69) is 10.6 Å². The number of anilines is 1. The molecule has 0 heterocycles. The molecule has 126 valence electrons. The van der Waals surface area contributed by atoms with Gasteiger partial charge in [-0.25, -0.2) is 0 Å². The lowest BCUT2D eigenvalue weighted by molar-refractivity contribution is 0.0941. The average Bonchev–Trinajstić information content (AvgIpc) is 2.55. The fourth-order valence-corrected chi connectivity index (χ4v) is 2.16. The highest BCUT2D eigenvalue weighted by atomic mass is 16.5. The Balaban J connectivity index is 2.07. The standard InChI is InChI=1S/C19H22N2O3/c1-4-24-17-10-8-14(9-11-17)18(22)21-16-7-5-6-15(12-16)19(23)20-13(2)3/h5-13H,4H2,1-3H3,(H,20,23)(H,21,22). The van der Waals surface area contributed by atoms with Crippen LogP contribution < -0.4 is 15.4 Å². The Morgan fingerprint density at radius 2 is 1.71 bits per heavy atom. The van der Waals surface area contributed by atoms with Crippen molar-refractivity contribution in [2.24, 2.45) is 0 Å². The zero-order valence-corrected chi connectivity index (χ0v) is 14.1. The summed E-state index contributed by atoms with van der Waals surface area (Å²) in [5.41, 5.74) is 1.61. The highest BCUT2D eigenvalue weighted by Gasteiger charge is 2.10. The van der Waals surface area contributed by atoms with Gasteiger partial charge in [-0.05, 0) is 63.2 Å². The van der Waals surface area contributed by atoms with Crippen molar-refractivity contribution in [3.05, 3.63) is 59.7 Å². The van der Waals surface area contributed by atoms with Crippen LogP contribution in [0.2, 0.25) is 0 Å². The van der Waals surface area contributed by atoms with E-state index >= 15 is 0 Å². The molecule has 2 N–H and O–H groups in total. The molecule has 5 heteroatoms. The molecule has 0 unspecified atom stereocenters. The van der Waals surface area contributed by atoms with E-state index in [0.717, 1.165) is 5.75 Å². The normalized spacial score (nSPS) is 10.3. The summed E-state index contributed by atoms with van der Waals surface area (Å²) in [6.45, 7) is 6.28. The van der Waals surface area contributed by atoms with E-state index in [4.69, 9.17) is 4.74 Å². The molecular formula is C19H22N2O3. The van der Waals surface area contributed by atoms with Gasteiger partial charge in [0.05, 0.1) is 6.61 Å². The first-order chi connectivity index (χ1) is 11.5. The first-order valence-corrected chi connectivity index (χ1v) is 7.94. The lowest BCUT2D eigenvalue weighted by Crippen LogP contribution is -2.30. The second-order valence-corrected chi connectivity index (χ2v) is 5.62. The number of carbonyl (C=O) groups is 2. The molecule has 0 saturated carbocycles. The third-order valence-electron chi connectivity index (χ3n) is 3.23. The molecule has 24 heavy (non-hydrogen) atoms. The molecule has 0 radical (unpaired) electrons. The number of carbonyl (C=O) groups excluding carboxylic acids is 2. The third-order valence-corrected chi connectivity index (χ3v) is 3.23. The van der Waals surface area contributed by atoms with Crippen LogP contribution in [0, 0.1) is 0 Å². The summed E-state index contributed by atoms with van der Waals surface area (Å²) < 4.78 is 5.36. The maximum absolute atomic E-state index is 12.3. The summed E-state index contributed by atoms with van der Waals surface area (Å²) in [7, 11) is 0. The molecule has 0 bridgehead atoms. The fourth-order valence-electron chi connectivity index (χ4n) is 2.16. The number of benzene rings is 2. The van der Waals surface area contributed by atoms with Crippen LogP contribution in [0.25, 0.3) is 0 Å². The molecule has 0 aliphatic rings. The predicted octanol–water partition coefficient (Wildman–Crippen LogP) is 3.48. The minimum atomic E-state index is -0.237. The van der Waals surface area contributed by atoms with Crippen LogP contribution in [0.1, 0.15) is 41.5 Å². The lowest BCUT2D eigenvalue weighted by atomic mass is 10.1. The van der Waals surface area contributed by atoms with Gasteiger partial charge in [-0.3, -0.25) is 9.59 Å². The molecule has 0 aliphatic heterocycles. The Bertz CT molecular complexity index is 709. The fraction of sp³-hybridized carbons (Fsp3) is 0.263. The topological polar surface area (TPSA) is 67.4 Å². The Kier molecular flexibility index (Phi) is 5.95. The molecule has 0 saturated heterocycles. The van der Waals surface area contributed by atoms with Gasteiger partial charge < -0.3 is 15.4 Å². The van der Waals surface area contributed by atoms with Gasteiger partial charge in [0.2, 0.25) is 0 Å². The maximum atomic E-state index is 12.3. The van der Waals surface area contributed by atoms with Crippen molar-refractivity contribution >= 4 is 17.5 Å². The van der Waals surface area contributed by atoms with Gasteiger partial charge in [-0.2, -0.15) is 0 Å². The average molecular weight is 326 g/mol. The number of hydrogen-bond donors (Lipinski definition) is 2. The minimum Gasteiger partial charge on any atom is -0.494 e. The quantitative estimate of drug-likeness (QED) is 0.854. The van der Waals surface area contributed by atoms with E-state index < -0.39 is 0 Å². The first-order valence-electron chi connectivity index (χ1n) is 7.94. The Hall–Kier alpha value is -2.82. The molecule has 0 atom stereocenters. The lowest BCUT2D eigenvalue weighted by Gasteiger charge is -2.10. The van der Waals surface area contributed by atoms with Crippen molar-refractivity contribution in [3.63, 3.8) is 0 Å². The molecule has 0 aliphatic carbocycles. The van der Waals surface area contributed by atoms with E-state index in [-0.39, 0.29) is 17.9 Å². The van der Waals surface area contributed by atoms with Gasteiger partial charge in [-0.1, -0.05) is 6.07 Å². The van der Waals surface area contributed by atoms with Gasteiger partial charge in [0, 0.05) is 22.9 Å². The van der Waals surface area contributed by atoms with E-state index in [1.165, 1.54) is 0 Å². The molecule has 2 amide bonds. The molecule has 2 aromatic rings.